The molecule has 3 aromatic rings. The maximum absolute atomic E-state index is 5.64. The van der Waals surface area contributed by atoms with Crippen molar-refractivity contribution in [1.29, 1.82) is 0 Å². The Kier molecular flexibility index (Phi) is 4.46. The van der Waals surface area contributed by atoms with E-state index in [9.17, 15) is 0 Å². The summed E-state index contributed by atoms with van der Waals surface area (Å²) in [4.78, 5) is 7.26. The van der Waals surface area contributed by atoms with Gasteiger partial charge in [-0.05, 0) is 25.5 Å². The minimum Gasteiger partial charge on any atom is -0.377 e. The van der Waals surface area contributed by atoms with Crippen LogP contribution in [0.4, 0.5) is 5.82 Å². The zero-order valence-electron chi connectivity index (χ0n) is 17.0. The highest BCUT2D eigenvalue weighted by Gasteiger charge is 2.29. The van der Waals surface area contributed by atoms with E-state index >= 15 is 0 Å². The quantitative estimate of drug-likeness (QED) is 0.730. The predicted octanol–water partition coefficient (Wildman–Crippen LogP) is 2.27. The number of hydrazone groups is 1. The summed E-state index contributed by atoms with van der Waals surface area (Å²) in [5, 5.41) is 18.7. The van der Waals surface area contributed by atoms with Gasteiger partial charge in [0.1, 0.15) is 11.5 Å². The first kappa shape index (κ1) is 18.1. The number of rotatable bonds is 4. The number of nitrogens with zero attached hydrogens (tertiary/aromatic N) is 7. The van der Waals surface area contributed by atoms with Gasteiger partial charge in [-0.1, -0.05) is 6.92 Å². The van der Waals surface area contributed by atoms with Gasteiger partial charge in [0, 0.05) is 38.0 Å². The lowest BCUT2D eigenvalue weighted by Gasteiger charge is -2.34. The summed E-state index contributed by atoms with van der Waals surface area (Å²) in [6.07, 6.45) is 5.44. The lowest BCUT2D eigenvalue weighted by atomic mass is 10.0. The highest BCUT2D eigenvalue weighted by molar-refractivity contribution is 5.71. The molecule has 0 amide bonds. The summed E-state index contributed by atoms with van der Waals surface area (Å²) in [5.74, 6) is 1.74. The summed E-state index contributed by atoms with van der Waals surface area (Å²) in [6.45, 7) is 6.56. The molecule has 152 valence electrons. The standard InChI is InChI=1S/C20H26N8O/c1-4-15-19-14(17-6-8-22-26(17)3)11-18(27-9-10-29-12-13(27)2)25-28(19)20(23-15)16-5-7-21-24-16/h5,7-8,11,13,17H,4,6,9-10,12H2,1-3H3,(H,21,24). The Labute approximate surface area is 169 Å². The Bertz CT molecular complexity index is 1040. The highest BCUT2D eigenvalue weighted by Crippen LogP contribution is 2.35. The molecule has 3 aromatic heterocycles. The van der Waals surface area contributed by atoms with E-state index in [0.29, 0.717) is 13.2 Å². The van der Waals surface area contributed by atoms with Crippen molar-refractivity contribution in [2.45, 2.75) is 38.8 Å². The number of anilines is 1. The largest absolute Gasteiger partial charge is 0.377 e. The van der Waals surface area contributed by atoms with Crippen LogP contribution in [0.5, 0.6) is 0 Å². The van der Waals surface area contributed by atoms with Crippen LogP contribution in [-0.2, 0) is 11.2 Å². The number of imidazole rings is 1. The molecule has 9 nitrogen and oxygen atoms in total. The average molecular weight is 394 g/mol. The summed E-state index contributed by atoms with van der Waals surface area (Å²) in [5.41, 5.74) is 4.19. The zero-order chi connectivity index (χ0) is 20.0. The summed E-state index contributed by atoms with van der Waals surface area (Å²) < 4.78 is 7.63. The number of morpholine rings is 1. The molecule has 2 aliphatic heterocycles. The minimum atomic E-state index is 0.173. The normalized spacial score (nSPS) is 22.2. The van der Waals surface area contributed by atoms with E-state index in [1.165, 1.54) is 5.56 Å². The molecule has 9 heteroatoms. The smallest absolute Gasteiger partial charge is 0.179 e. The molecule has 0 radical (unpaired) electrons. The van der Waals surface area contributed by atoms with Crippen LogP contribution < -0.4 is 4.90 Å². The van der Waals surface area contributed by atoms with Crippen LogP contribution in [0.15, 0.2) is 23.4 Å². The van der Waals surface area contributed by atoms with Crippen LogP contribution >= 0.6 is 0 Å². The fraction of sp³-hybridized carbons (Fsp3) is 0.500. The zero-order valence-corrected chi connectivity index (χ0v) is 17.0. The second-order valence-electron chi connectivity index (χ2n) is 7.66. The number of H-pyrrole nitrogens is 1. The Morgan fingerprint density at radius 2 is 2.24 bits per heavy atom. The first-order valence-corrected chi connectivity index (χ1v) is 10.2. The van der Waals surface area contributed by atoms with Gasteiger partial charge in [-0.3, -0.25) is 10.1 Å². The number of ether oxygens (including phenoxy) is 1. The Balaban J connectivity index is 1.76. The molecule has 5 rings (SSSR count). The van der Waals surface area contributed by atoms with Crippen LogP contribution in [-0.4, -0.2) is 68.9 Å². The number of hydrogen-bond acceptors (Lipinski definition) is 7. The lowest BCUT2D eigenvalue weighted by molar-refractivity contribution is 0.0984. The van der Waals surface area contributed by atoms with Gasteiger partial charge in [-0.2, -0.15) is 10.2 Å². The maximum Gasteiger partial charge on any atom is 0.179 e. The van der Waals surface area contributed by atoms with E-state index in [4.69, 9.17) is 14.8 Å². The molecule has 1 N–H and O–H groups in total. The van der Waals surface area contributed by atoms with Gasteiger partial charge < -0.3 is 9.64 Å². The maximum atomic E-state index is 5.64. The molecule has 2 unspecified atom stereocenters. The van der Waals surface area contributed by atoms with E-state index in [1.54, 1.807) is 6.20 Å². The van der Waals surface area contributed by atoms with Gasteiger partial charge in [0.05, 0.1) is 36.5 Å². The predicted molar refractivity (Wildman–Crippen MR) is 111 cm³/mol. The van der Waals surface area contributed by atoms with E-state index < -0.39 is 0 Å². The number of aromatic nitrogens is 5. The number of nitrogens with one attached hydrogen (secondary N) is 1. The van der Waals surface area contributed by atoms with Crippen molar-refractivity contribution in [1.82, 2.24) is 29.8 Å². The van der Waals surface area contributed by atoms with Gasteiger partial charge in [0.15, 0.2) is 5.82 Å². The molecule has 2 aliphatic rings. The third kappa shape index (κ3) is 2.96. The van der Waals surface area contributed by atoms with Crippen LogP contribution in [0, 0.1) is 0 Å². The second kappa shape index (κ2) is 7.14. The SMILES string of the molecule is CCc1nc(-c2ccn[nH]2)n2nc(N3CCOCC3C)cc(C3CC=NN3C)c12. The number of aryl methyl sites for hydroxylation is 1. The van der Waals surface area contributed by atoms with Crippen LogP contribution in [0.25, 0.3) is 17.0 Å². The molecule has 1 fully saturated rings. The molecule has 1 saturated heterocycles. The molecule has 0 spiro atoms. The van der Waals surface area contributed by atoms with Gasteiger partial charge in [0.25, 0.3) is 0 Å². The summed E-state index contributed by atoms with van der Waals surface area (Å²) in [7, 11) is 2.03. The van der Waals surface area contributed by atoms with Crippen LogP contribution in [0.1, 0.15) is 37.6 Å². The fourth-order valence-electron chi connectivity index (χ4n) is 4.28. The molecule has 0 aromatic carbocycles. The highest BCUT2D eigenvalue weighted by atomic mass is 16.5. The second-order valence-corrected chi connectivity index (χ2v) is 7.66. The Morgan fingerprint density at radius 3 is 2.93 bits per heavy atom. The third-order valence-electron chi connectivity index (χ3n) is 5.83. The topological polar surface area (TPSA) is 86.9 Å². The van der Waals surface area contributed by atoms with Gasteiger partial charge in [-0.25, -0.2) is 9.50 Å². The van der Waals surface area contributed by atoms with Crippen LogP contribution in [0.2, 0.25) is 0 Å². The Hall–Kier alpha value is -2.94. The van der Waals surface area contributed by atoms with Crippen molar-refractivity contribution < 1.29 is 4.74 Å². The summed E-state index contributed by atoms with van der Waals surface area (Å²) in [6, 6.07) is 4.60. The van der Waals surface area contributed by atoms with E-state index in [1.807, 2.05) is 28.9 Å². The molecule has 2 atom stereocenters. The van der Waals surface area contributed by atoms with Crippen molar-refractivity contribution in [3.8, 4) is 11.5 Å². The van der Waals surface area contributed by atoms with Crippen molar-refractivity contribution in [2.24, 2.45) is 5.10 Å². The summed E-state index contributed by atoms with van der Waals surface area (Å²) >= 11 is 0. The first-order chi connectivity index (χ1) is 14.2. The molecule has 0 bridgehead atoms. The lowest BCUT2D eigenvalue weighted by Crippen LogP contribution is -2.44. The van der Waals surface area contributed by atoms with Gasteiger partial charge in [0.2, 0.25) is 0 Å². The molecular weight excluding hydrogens is 368 g/mol. The molecule has 0 saturated carbocycles. The van der Waals surface area contributed by atoms with Gasteiger partial charge in [-0.15, -0.1) is 5.10 Å². The first-order valence-electron chi connectivity index (χ1n) is 10.2. The van der Waals surface area contributed by atoms with E-state index in [0.717, 1.165) is 47.9 Å². The molecule has 29 heavy (non-hydrogen) atoms. The minimum absolute atomic E-state index is 0.173. The van der Waals surface area contributed by atoms with Gasteiger partial charge >= 0.3 is 0 Å². The number of fused-ring (bicyclic) bond motifs is 1. The van der Waals surface area contributed by atoms with E-state index in [2.05, 4.69) is 40.1 Å². The fourth-order valence-corrected chi connectivity index (χ4v) is 4.28. The number of hydrogen-bond donors (Lipinski definition) is 1. The molecule has 0 aliphatic carbocycles. The van der Waals surface area contributed by atoms with Crippen molar-refractivity contribution in [3.05, 3.63) is 29.6 Å². The Morgan fingerprint density at radius 1 is 1.34 bits per heavy atom. The van der Waals surface area contributed by atoms with Crippen LogP contribution in [0.3, 0.4) is 0 Å². The molecular formula is C20H26N8O. The number of aromatic amines is 1. The average Bonchev–Trinajstić information content (AvgIpc) is 3.47. The molecule has 5 heterocycles. The van der Waals surface area contributed by atoms with E-state index in [-0.39, 0.29) is 12.1 Å². The van der Waals surface area contributed by atoms with Crippen molar-refractivity contribution in [3.63, 3.8) is 0 Å². The van der Waals surface area contributed by atoms with Crippen molar-refractivity contribution in [2.75, 3.05) is 31.7 Å². The van der Waals surface area contributed by atoms with Crippen molar-refractivity contribution >= 4 is 17.5 Å². The third-order valence-corrected chi connectivity index (χ3v) is 5.83. The monoisotopic (exact) mass is 394 g/mol.